The van der Waals surface area contributed by atoms with Gasteiger partial charge < -0.3 is 9.64 Å². The summed E-state index contributed by atoms with van der Waals surface area (Å²) in [6, 6.07) is 20.3. The maximum Gasteiger partial charge on any atom is 0.262 e. The Kier molecular flexibility index (Phi) is 6.68. The number of sulfonamides is 1. The molecule has 0 aromatic heterocycles. The first-order valence-corrected chi connectivity index (χ1v) is 10.7. The number of para-hydroxylation sites is 2. The molecule has 3 aromatic carbocycles. The third kappa shape index (κ3) is 5.36. The third-order valence-electron chi connectivity index (χ3n) is 4.29. The smallest absolute Gasteiger partial charge is 0.262 e. The first-order valence-electron chi connectivity index (χ1n) is 9.17. The molecule has 0 saturated carbocycles. The van der Waals surface area contributed by atoms with Gasteiger partial charge in [0.1, 0.15) is 18.2 Å². The second-order valence-corrected chi connectivity index (χ2v) is 8.18. The summed E-state index contributed by atoms with van der Waals surface area (Å²) >= 11 is 0. The van der Waals surface area contributed by atoms with Crippen LogP contribution >= 0.6 is 0 Å². The van der Waals surface area contributed by atoms with Crippen LogP contribution in [-0.2, 0) is 10.0 Å². The summed E-state index contributed by atoms with van der Waals surface area (Å²) in [7, 11) is -2.45. The normalized spacial score (nSPS) is 11.0. The van der Waals surface area contributed by atoms with Gasteiger partial charge in [-0.15, -0.1) is 0 Å². The highest BCUT2D eigenvalue weighted by Crippen LogP contribution is 2.20. The maximum atomic E-state index is 13.8. The van der Waals surface area contributed by atoms with Crippen LogP contribution in [0.5, 0.6) is 5.75 Å². The van der Waals surface area contributed by atoms with Crippen molar-refractivity contribution in [2.75, 3.05) is 24.9 Å². The van der Waals surface area contributed by atoms with Gasteiger partial charge in [0.2, 0.25) is 0 Å². The van der Waals surface area contributed by atoms with Crippen LogP contribution in [0.4, 0.5) is 10.1 Å². The van der Waals surface area contributed by atoms with Gasteiger partial charge in [0.25, 0.3) is 15.9 Å². The molecule has 0 spiro atoms. The molecule has 0 aliphatic carbocycles. The fourth-order valence-corrected chi connectivity index (χ4v) is 3.80. The van der Waals surface area contributed by atoms with Crippen LogP contribution in [0.15, 0.2) is 83.8 Å². The number of benzene rings is 3. The molecule has 0 aliphatic heterocycles. The van der Waals surface area contributed by atoms with E-state index in [1.165, 1.54) is 47.4 Å². The summed E-state index contributed by atoms with van der Waals surface area (Å²) in [5.74, 6) is -0.341. The summed E-state index contributed by atoms with van der Waals surface area (Å²) < 4.78 is 46.8. The van der Waals surface area contributed by atoms with Crippen molar-refractivity contribution in [2.24, 2.45) is 0 Å². The number of likely N-dealkylation sites (N-methyl/N-ethyl adjacent to an activating group) is 1. The lowest BCUT2D eigenvalue weighted by atomic mass is 10.2. The number of halogens is 1. The van der Waals surface area contributed by atoms with Gasteiger partial charge in [0, 0.05) is 12.6 Å². The van der Waals surface area contributed by atoms with Crippen molar-refractivity contribution in [2.45, 2.75) is 4.90 Å². The van der Waals surface area contributed by atoms with Gasteiger partial charge in [-0.05, 0) is 42.5 Å². The van der Waals surface area contributed by atoms with Gasteiger partial charge in [-0.25, -0.2) is 12.8 Å². The quantitative estimate of drug-likeness (QED) is 0.593. The lowest BCUT2D eigenvalue weighted by molar-refractivity contribution is 0.0773. The number of nitrogens with zero attached hydrogens (tertiary/aromatic N) is 1. The Balaban J connectivity index is 1.67. The summed E-state index contributed by atoms with van der Waals surface area (Å²) in [5.41, 5.74) is 0.0398. The maximum absolute atomic E-state index is 13.8. The van der Waals surface area contributed by atoms with E-state index in [4.69, 9.17) is 4.74 Å². The van der Waals surface area contributed by atoms with Crippen LogP contribution < -0.4 is 9.46 Å². The van der Waals surface area contributed by atoms with Crippen molar-refractivity contribution in [1.82, 2.24) is 4.90 Å². The van der Waals surface area contributed by atoms with Crippen molar-refractivity contribution in [3.8, 4) is 5.75 Å². The molecule has 1 amide bonds. The molecule has 0 unspecified atom stereocenters. The first-order chi connectivity index (χ1) is 14.4. The molecule has 8 heteroatoms. The Hall–Kier alpha value is -3.39. The Morgan fingerprint density at radius 2 is 1.70 bits per heavy atom. The van der Waals surface area contributed by atoms with E-state index in [-0.39, 0.29) is 22.1 Å². The van der Waals surface area contributed by atoms with Crippen LogP contribution in [0.1, 0.15) is 10.4 Å². The minimum atomic E-state index is -4.06. The predicted molar refractivity (Wildman–Crippen MR) is 113 cm³/mol. The fourth-order valence-electron chi connectivity index (χ4n) is 2.68. The Labute approximate surface area is 175 Å². The molecule has 0 saturated heterocycles. The van der Waals surface area contributed by atoms with E-state index in [0.29, 0.717) is 18.9 Å². The standard InChI is InChI=1S/C22H21FN2O4S/c1-25(14-15-29-18-9-3-2-4-10-18)22(26)17-8-7-11-19(16-17)30(27,28)24-21-13-6-5-12-20(21)23/h2-13,16,24H,14-15H2,1H3. The Morgan fingerprint density at radius 3 is 2.43 bits per heavy atom. The number of rotatable bonds is 8. The average molecular weight is 428 g/mol. The molecule has 0 aliphatic rings. The Bertz CT molecular complexity index is 1120. The molecule has 30 heavy (non-hydrogen) atoms. The lowest BCUT2D eigenvalue weighted by Gasteiger charge is -2.18. The van der Waals surface area contributed by atoms with Gasteiger partial charge >= 0.3 is 0 Å². The molecular weight excluding hydrogens is 407 g/mol. The molecule has 0 heterocycles. The summed E-state index contributed by atoms with van der Waals surface area (Å²) in [5, 5.41) is 0. The highest BCUT2D eigenvalue weighted by Gasteiger charge is 2.19. The van der Waals surface area contributed by atoms with E-state index >= 15 is 0 Å². The summed E-state index contributed by atoms with van der Waals surface area (Å²) in [4.78, 5) is 14.0. The van der Waals surface area contributed by atoms with Crippen molar-refractivity contribution in [3.63, 3.8) is 0 Å². The van der Waals surface area contributed by atoms with Gasteiger partial charge in [-0.1, -0.05) is 36.4 Å². The van der Waals surface area contributed by atoms with Crippen LogP contribution in [0.25, 0.3) is 0 Å². The van der Waals surface area contributed by atoms with Gasteiger partial charge in [0.05, 0.1) is 17.1 Å². The number of nitrogens with one attached hydrogen (secondary N) is 1. The number of hydrogen-bond donors (Lipinski definition) is 1. The zero-order valence-corrected chi connectivity index (χ0v) is 17.1. The zero-order valence-electron chi connectivity index (χ0n) is 16.3. The van der Waals surface area contributed by atoms with E-state index in [1.54, 1.807) is 7.05 Å². The van der Waals surface area contributed by atoms with Gasteiger partial charge in [0.15, 0.2) is 0 Å². The topological polar surface area (TPSA) is 75.7 Å². The molecule has 0 radical (unpaired) electrons. The van der Waals surface area contributed by atoms with E-state index in [0.717, 1.165) is 6.07 Å². The Morgan fingerprint density at radius 1 is 1.00 bits per heavy atom. The van der Waals surface area contributed by atoms with Crippen LogP contribution in [-0.4, -0.2) is 39.4 Å². The molecule has 3 rings (SSSR count). The first kappa shape index (κ1) is 21.3. The van der Waals surface area contributed by atoms with E-state index in [9.17, 15) is 17.6 Å². The number of anilines is 1. The van der Waals surface area contributed by atoms with Gasteiger partial charge in [-0.2, -0.15) is 0 Å². The van der Waals surface area contributed by atoms with Crippen LogP contribution in [0, 0.1) is 5.82 Å². The molecule has 6 nitrogen and oxygen atoms in total. The predicted octanol–water partition coefficient (Wildman–Crippen LogP) is 3.78. The van der Waals surface area contributed by atoms with Crippen molar-refractivity contribution in [1.29, 1.82) is 0 Å². The monoisotopic (exact) mass is 428 g/mol. The second-order valence-electron chi connectivity index (χ2n) is 6.50. The second kappa shape index (κ2) is 9.41. The van der Waals surface area contributed by atoms with Gasteiger partial charge in [-0.3, -0.25) is 9.52 Å². The number of ether oxygens (including phenoxy) is 1. The van der Waals surface area contributed by atoms with E-state index in [2.05, 4.69) is 4.72 Å². The number of amides is 1. The molecule has 156 valence electrons. The SMILES string of the molecule is CN(CCOc1ccccc1)C(=O)c1cccc(S(=O)(=O)Nc2ccccc2F)c1. The summed E-state index contributed by atoms with van der Waals surface area (Å²) in [6.07, 6.45) is 0. The van der Waals surface area contributed by atoms with E-state index in [1.807, 2.05) is 30.3 Å². The van der Waals surface area contributed by atoms with Crippen molar-refractivity contribution in [3.05, 3.63) is 90.2 Å². The van der Waals surface area contributed by atoms with Crippen molar-refractivity contribution < 1.29 is 22.3 Å². The minimum Gasteiger partial charge on any atom is -0.492 e. The molecule has 0 atom stereocenters. The lowest BCUT2D eigenvalue weighted by Crippen LogP contribution is -2.31. The van der Waals surface area contributed by atoms with E-state index < -0.39 is 15.8 Å². The molecule has 0 fully saturated rings. The molecule has 1 N–H and O–H groups in total. The average Bonchev–Trinajstić information content (AvgIpc) is 2.75. The highest BCUT2D eigenvalue weighted by atomic mass is 32.2. The number of carbonyl (C=O) groups excluding carboxylic acids is 1. The highest BCUT2D eigenvalue weighted by molar-refractivity contribution is 7.92. The van der Waals surface area contributed by atoms with Crippen molar-refractivity contribution >= 4 is 21.6 Å². The molecular formula is C22H21FN2O4S. The fraction of sp³-hybridized carbons (Fsp3) is 0.136. The molecule has 3 aromatic rings. The largest absolute Gasteiger partial charge is 0.492 e. The molecule has 0 bridgehead atoms. The third-order valence-corrected chi connectivity index (χ3v) is 5.66. The van der Waals surface area contributed by atoms with Crippen LogP contribution in [0.3, 0.4) is 0 Å². The number of carbonyl (C=O) groups is 1. The zero-order chi connectivity index (χ0) is 21.6. The minimum absolute atomic E-state index is 0.134. The van der Waals surface area contributed by atoms with Crippen LogP contribution in [0.2, 0.25) is 0 Å². The summed E-state index contributed by atoms with van der Waals surface area (Å²) in [6.45, 7) is 0.608. The number of hydrogen-bond acceptors (Lipinski definition) is 4.